The van der Waals surface area contributed by atoms with Crippen LogP contribution in [0.4, 0.5) is 8.78 Å². The topological polar surface area (TPSA) is 63.9 Å². The maximum Gasteiger partial charge on any atom is 0.387 e. The van der Waals surface area contributed by atoms with Crippen LogP contribution in [0.1, 0.15) is 48.8 Å². The van der Waals surface area contributed by atoms with Gasteiger partial charge >= 0.3 is 6.61 Å². The van der Waals surface area contributed by atoms with Crippen molar-refractivity contribution in [3.05, 3.63) is 53.3 Å². The van der Waals surface area contributed by atoms with Gasteiger partial charge in [-0.3, -0.25) is 9.98 Å². The predicted molar refractivity (Wildman–Crippen MR) is 101 cm³/mol. The Morgan fingerprint density at radius 1 is 1.25 bits per heavy atom. The largest absolute Gasteiger partial charge is 0.490 e. The lowest BCUT2D eigenvalue weighted by Gasteiger charge is -2.37. The van der Waals surface area contributed by atoms with Crippen LogP contribution in [-0.4, -0.2) is 41.2 Å². The number of fused-ring (bicyclic) bond motifs is 3. The molecule has 148 valence electrons. The Morgan fingerprint density at radius 3 is 2.82 bits per heavy atom. The molecule has 0 radical (unpaired) electrons. The van der Waals surface area contributed by atoms with Gasteiger partial charge in [0, 0.05) is 29.4 Å². The van der Waals surface area contributed by atoms with Gasteiger partial charge in [-0.2, -0.15) is 8.78 Å². The van der Waals surface area contributed by atoms with Gasteiger partial charge in [0.15, 0.2) is 11.5 Å². The van der Waals surface area contributed by atoms with E-state index in [4.69, 9.17) is 14.5 Å². The standard InChI is InChI=1S/C21H22F2N2O3/c1-2-27-18-9-14-15-8-13(26)5-6-17(15)25-20(12-4-3-7-24-11-12)16(14)10-19(18)28-21(22)23/h3-4,7,9-11,13,15,17,21,26H,2,5-6,8H2,1H3. The van der Waals surface area contributed by atoms with Crippen LogP contribution in [0.15, 0.2) is 41.7 Å². The normalized spacial score (nSPS) is 23.6. The quantitative estimate of drug-likeness (QED) is 0.843. The van der Waals surface area contributed by atoms with Crippen molar-refractivity contribution in [3.63, 3.8) is 0 Å². The third-order valence-electron chi connectivity index (χ3n) is 5.30. The molecule has 1 saturated carbocycles. The maximum atomic E-state index is 13.0. The van der Waals surface area contributed by atoms with E-state index in [1.54, 1.807) is 31.5 Å². The summed E-state index contributed by atoms with van der Waals surface area (Å²) in [6, 6.07) is 7.10. The minimum absolute atomic E-state index is 0.0120. The van der Waals surface area contributed by atoms with E-state index in [2.05, 4.69) is 4.98 Å². The molecule has 4 rings (SSSR count). The van der Waals surface area contributed by atoms with Gasteiger partial charge in [0.1, 0.15) is 0 Å². The van der Waals surface area contributed by atoms with E-state index in [9.17, 15) is 13.9 Å². The number of rotatable bonds is 5. The van der Waals surface area contributed by atoms with Crippen LogP contribution in [0.2, 0.25) is 0 Å². The molecule has 2 aliphatic rings. The first-order valence-electron chi connectivity index (χ1n) is 9.49. The number of pyridine rings is 1. The molecule has 5 nitrogen and oxygen atoms in total. The van der Waals surface area contributed by atoms with Crippen molar-refractivity contribution in [3.8, 4) is 11.5 Å². The number of alkyl halides is 2. The van der Waals surface area contributed by atoms with Crippen LogP contribution < -0.4 is 9.47 Å². The number of ether oxygens (including phenoxy) is 2. The summed E-state index contributed by atoms with van der Waals surface area (Å²) in [7, 11) is 0. The van der Waals surface area contributed by atoms with Crippen molar-refractivity contribution < 1.29 is 23.4 Å². The lowest BCUT2D eigenvalue weighted by atomic mass is 9.74. The van der Waals surface area contributed by atoms with Gasteiger partial charge in [0.2, 0.25) is 0 Å². The van der Waals surface area contributed by atoms with Crippen molar-refractivity contribution in [2.75, 3.05) is 6.61 Å². The molecule has 0 saturated heterocycles. The first-order valence-corrected chi connectivity index (χ1v) is 9.49. The predicted octanol–water partition coefficient (Wildman–Crippen LogP) is 3.93. The first kappa shape index (κ1) is 18.8. The van der Waals surface area contributed by atoms with E-state index in [0.717, 1.165) is 23.1 Å². The molecule has 1 fully saturated rings. The molecule has 2 aromatic rings. The maximum absolute atomic E-state index is 13.0. The average Bonchev–Trinajstić information content (AvgIpc) is 2.68. The number of hydrogen-bond donors (Lipinski definition) is 1. The molecule has 1 aliphatic heterocycles. The zero-order chi connectivity index (χ0) is 19.7. The van der Waals surface area contributed by atoms with Crippen LogP contribution in [0.5, 0.6) is 11.5 Å². The molecule has 1 aromatic heterocycles. The van der Waals surface area contributed by atoms with Crippen LogP contribution >= 0.6 is 0 Å². The Hall–Kier alpha value is -2.54. The number of hydrogen-bond acceptors (Lipinski definition) is 5. The Bertz CT molecular complexity index is 873. The summed E-state index contributed by atoms with van der Waals surface area (Å²) >= 11 is 0. The zero-order valence-electron chi connectivity index (χ0n) is 15.5. The molecule has 1 aromatic carbocycles. The fourth-order valence-corrected chi connectivity index (χ4v) is 4.13. The van der Waals surface area contributed by atoms with Gasteiger partial charge in [0.05, 0.1) is 24.5 Å². The second-order valence-electron chi connectivity index (χ2n) is 7.06. The van der Waals surface area contributed by atoms with E-state index >= 15 is 0 Å². The second kappa shape index (κ2) is 7.83. The lowest BCUT2D eigenvalue weighted by molar-refractivity contribution is -0.0514. The molecular weight excluding hydrogens is 366 g/mol. The summed E-state index contributed by atoms with van der Waals surface area (Å²) in [4.78, 5) is 9.10. The van der Waals surface area contributed by atoms with Crippen molar-refractivity contribution >= 4 is 5.71 Å². The van der Waals surface area contributed by atoms with Crippen LogP contribution in [-0.2, 0) is 0 Å². The Balaban J connectivity index is 1.88. The van der Waals surface area contributed by atoms with Gasteiger partial charge < -0.3 is 14.6 Å². The molecule has 7 heteroatoms. The van der Waals surface area contributed by atoms with Crippen molar-refractivity contribution in [1.82, 2.24) is 4.98 Å². The SMILES string of the molecule is CCOc1cc2c(cc1OC(F)F)C(c1cccnc1)=NC1CCC(O)CC21. The monoisotopic (exact) mass is 388 g/mol. The molecular formula is C21H22F2N2O3. The Kier molecular flexibility index (Phi) is 5.26. The van der Waals surface area contributed by atoms with Crippen LogP contribution in [0, 0.1) is 0 Å². The number of aliphatic hydroxyl groups is 1. The number of aromatic nitrogens is 1. The number of benzene rings is 1. The highest BCUT2D eigenvalue weighted by Gasteiger charge is 2.37. The van der Waals surface area contributed by atoms with E-state index < -0.39 is 12.7 Å². The molecule has 0 spiro atoms. The molecule has 3 atom stereocenters. The highest BCUT2D eigenvalue weighted by Crippen LogP contribution is 2.45. The third-order valence-corrected chi connectivity index (χ3v) is 5.30. The third kappa shape index (κ3) is 3.58. The van der Waals surface area contributed by atoms with Crippen LogP contribution in [0.25, 0.3) is 0 Å². The van der Waals surface area contributed by atoms with E-state index in [-0.39, 0.29) is 23.5 Å². The van der Waals surface area contributed by atoms with Gasteiger partial charge in [-0.15, -0.1) is 0 Å². The van der Waals surface area contributed by atoms with E-state index in [1.807, 2.05) is 12.1 Å². The summed E-state index contributed by atoms with van der Waals surface area (Å²) in [5.74, 6) is 0.286. The molecule has 3 unspecified atom stereocenters. The first-order chi connectivity index (χ1) is 13.6. The fourth-order valence-electron chi connectivity index (χ4n) is 4.13. The number of halogens is 2. The average molecular weight is 388 g/mol. The molecule has 28 heavy (non-hydrogen) atoms. The van der Waals surface area contributed by atoms with Crippen LogP contribution in [0.3, 0.4) is 0 Å². The fraction of sp³-hybridized carbons (Fsp3) is 0.429. The highest BCUT2D eigenvalue weighted by atomic mass is 19.3. The number of nitrogens with zero attached hydrogens (tertiary/aromatic N) is 2. The Labute approximate surface area is 162 Å². The minimum atomic E-state index is -2.95. The number of aliphatic imine (C=N–C) groups is 1. The van der Waals surface area contributed by atoms with Gasteiger partial charge in [-0.1, -0.05) is 0 Å². The van der Waals surface area contributed by atoms with Crippen molar-refractivity contribution in [1.29, 1.82) is 0 Å². The van der Waals surface area contributed by atoms with E-state index in [0.29, 0.717) is 25.2 Å². The second-order valence-corrected chi connectivity index (χ2v) is 7.06. The molecule has 0 bridgehead atoms. The highest BCUT2D eigenvalue weighted by molar-refractivity contribution is 6.14. The molecule has 1 N–H and O–H groups in total. The zero-order valence-corrected chi connectivity index (χ0v) is 15.5. The minimum Gasteiger partial charge on any atom is -0.490 e. The van der Waals surface area contributed by atoms with E-state index in [1.165, 1.54) is 0 Å². The summed E-state index contributed by atoms with van der Waals surface area (Å²) in [5, 5.41) is 10.2. The van der Waals surface area contributed by atoms with Crippen molar-refractivity contribution in [2.45, 2.75) is 50.9 Å². The Morgan fingerprint density at radius 2 is 2.11 bits per heavy atom. The summed E-state index contributed by atoms with van der Waals surface area (Å²) in [6.07, 6.45) is 5.06. The summed E-state index contributed by atoms with van der Waals surface area (Å²) in [6.45, 7) is -0.830. The van der Waals surface area contributed by atoms with Gasteiger partial charge in [0.25, 0.3) is 0 Å². The molecule has 1 aliphatic carbocycles. The summed E-state index contributed by atoms with van der Waals surface area (Å²) in [5.41, 5.74) is 3.20. The van der Waals surface area contributed by atoms with Crippen molar-refractivity contribution in [2.24, 2.45) is 4.99 Å². The number of aliphatic hydroxyl groups excluding tert-OH is 1. The van der Waals surface area contributed by atoms with Gasteiger partial charge in [-0.25, -0.2) is 0 Å². The smallest absolute Gasteiger partial charge is 0.387 e. The molecule has 2 heterocycles. The van der Waals surface area contributed by atoms with Gasteiger partial charge in [-0.05, 0) is 56.0 Å². The molecule has 0 amide bonds. The lowest BCUT2D eigenvalue weighted by Crippen LogP contribution is -2.34. The summed E-state index contributed by atoms with van der Waals surface area (Å²) < 4.78 is 36.2.